The number of halogens is 1. The van der Waals surface area contributed by atoms with Gasteiger partial charge in [-0.1, -0.05) is 55.9 Å². The van der Waals surface area contributed by atoms with Crippen molar-refractivity contribution >= 4 is 39.6 Å². The molecule has 1 atom stereocenters. The van der Waals surface area contributed by atoms with Gasteiger partial charge < -0.3 is 19.5 Å². The molecule has 0 spiro atoms. The minimum Gasteiger partial charge on any atom is -0.490 e. The van der Waals surface area contributed by atoms with Crippen molar-refractivity contribution in [3.05, 3.63) is 69.3 Å². The van der Waals surface area contributed by atoms with E-state index in [0.717, 1.165) is 29.7 Å². The Labute approximate surface area is 236 Å². The highest BCUT2D eigenvalue weighted by Gasteiger charge is 2.36. The van der Waals surface area contributed by atoms with E-state index in [4.69, 9.17) is 19.3 Å². The predicted molar refractivity (Wildman–Crippen MR) is 153 cm³/mol. The molecule has 1 aliphatic heterocycles. The number of nitrogens with one attached hydrogen (secondary N) is 1. The van der Waals surface area contributed by atoms with Crippen LogP contribution in [0.25, 0.3) is 0 Å². The molecule has 1 N–H and O–H groups in total. The Morgan fingerprint density at radius 2 is 1.92 bits per heavy atom. The predicted octanol–water partition coefficient (Wildman–Crippen LogP) is 6.76. The second-order valence-corrected chi connectivity index (χ2v) is 10.7. The van der Waals surface area contributed by atoms with Crippen molar-refractivity contribution in [1.29, 1.82) is 0 Å². The normalized spacial score (nSPS) is 14.6. The zero-order valence-corrected chi connectivity index (χ0v) is 24.5. The number of anilines is 1. The topological polar surface area (TPSA) is 87.5 Å². The van der Waals surface area contributed by atoms with Crippen LogP contribution < -0.4 is 14.8 Å². The largest absolute Gasteiger partial charge is 0.490 e. The van der Waals surface area contributed by atoms with Gasteiger partial charge in [-0.15, -0.1) is 5.10 Å². The first-order valence-electron chi connectivity index (χ1n) is 12.8. The number of ether oxygens (including phenoxy) is 3. The summed E-state index contributed by atoms with van der Waals surface area (Å²) in [6, 6.07) is 13.3. The number of carbonyl (C=O) groups excluding carboxylic acids is 1. The number of carbonyl (C=O) groups is 1. The van der Waals surface area contributed by atoms with E-state index in [1.165, 1.54) is 0 Å². The molecule has 2 aromatic carbocycles. The van der Waals surface area contributed by atoms with E-state index in [9.17, 15) is 4.79 Å². The number of fused-ring (bicyclic) bond motifs is 1. The number of allylic oxidation sites excluding steroid dienone is 1. The van der Waals surface area contributed by atoms with Gasteiger partial charge in [0.25, 0.3) is 0 Å². The third kappa shape index (κ3) is 6.35. The first-order chi connectivity index (χ1) is 18.5. The molecule has 3 aromatic rings. The van der Waals surface area contributed by atoms with Gasteiger partial charge in [-0.05, 0) is 65.9 Å². The van der Waals surface area contributed by atoms with Crippen LogP contribution in [0.5, 0.6) is 11.5 Å². The Morgan fingerprint density at radius 3 is 2.63 bits per heavy atom. The first-order valence-corrected chi connectivity index (χ1v) is 14.6. The molecule has 0 saturated heterocycles. The van der Waals surface area contributed by atoms with Gasteiger partial charge in [0.05, 0.1) is 23.3 Å². The maximum atomic E-state index is 13.3. The molecule has 8 nitrogen and oxygen atoms in total. The zero-order valence-electron chi connectivity index (χ0n) is 22.1. The Bertz CT molecular complexity index is 1300. The highest BCUT2D eigenvalue weighted by atomic mass is 79.9. The number of esters is 1. The van der Waals surface area contributed by atoms with Crippen molar-refractivity contribution < 1.29 is 19.0 Å². The van der Waals surface area contributed by atoms with Crippen LogP contribution in [-0.4, -0.2) is 39.7 Å². The van der Waals surface area contributed by atoms with Crippen LogP contribution in [0.2, 0.25) is 0 Å². The summed E-state index contributed by atoms with van der Waals surface area (Å²) in [5, 5.41) is 8.68. The molecule has 0 amide bonds. The second kappa shape index (κ2) is 13.2. The van der Waals surface area contributed by atoms with E-state index in [-0.39, 0.29) is 5.97 Å². The Kier molecular flexibility index (Phi) is 9.74. The molecule has 38 heavy (non-hydrogen) atoms. The smallest absolute Gasteiger partial charge is 0.338 e. The van der Waals surface area contributed by atoms with Crippen molar-refractivity contribution in [3.63, 3.8) is 0 Å². The van der Waals surface area contributed by atoms with E-state index in [1.54, 1.807) is 16.4 Å². The van der Waals surface area contributed by atoms with Crippen molar-refractivity contribution in [3.8, 4) is 11.5 Å². The summed E-state index contributed by atoms with van der Waals surface area (Å²) in [4.78, 5) is 18.0. The van der Waals surface area contributed by atoms with E-state index in [1.807, 2.05) is 63.2 Å². The zero-order chi connectivity index (χ0) is 27.1. The van der Waals surface area contributed by atoms with Crippen molar-refractivity contribution in [2.45, 2.75) is 58.3 Å². The number of rotatable bonds is 12. The number of nitrogens with zero attached hydrogens (tertiary/aromatic N) is 3. The van der Waals surface area contributed by atoms with Gasteiger partial charge in [0, 0.05) is 11.4 Å². The van der Waals surface area contributed by atoms with Gasteiger partial charge in [0.1, 0.15) is 12.6 Å². The van der Waals surface area contributed by atoms with Gasteiger partial charge in [-0.2, -0.15) is 4.98 Å². The lowest BCUT2D eigenvalue weighted by Gasteiger charge is -2.29. The maximum Gasteiger partial charge on any atom is 0.338 e. The fourth-order valence-electron chi connectivity index (χ4n) is 4.11. The standard InChI is InChI=1S/C28H33BrN4O4S/c1-5-13-36-26(34)23-18(4)30-27-31-28(38-14-6-2)32-33(27)24(23)20-15-21(29)25(22(16-20)35-7-3)37-17-19-11-9-8-10-12-19/h8-12,15-16,24H,5-7,13-14,17H2,1-4H3,(H,30,31,32). The monoisotopic (exact) mass is 600 g/mol. The molecule has 0 bridgehead atoms. The van der Waals surface area contributed by atoms with Gasteiger partial charge in [0.2, 0.25) is 11.1 Å². The Balaban J connectivity index is 1.77. The van der Waals surface area contributed by atoms with E-state index in [2.05, 4.69) is 33.2 Å². The average Bonchev–Trinajstić information content (AvgIpc) is 3.32. The molecule has 1 aromatic heterocycles. The molecule has 1 unspecified atom stereocenters. The van der Waals surface area contributed by atoms with Crippen LogP contribution in [0.4, 0.5) is 5.95 Å². The van der Waals surface area contributed by atoms with Crippen molar-refractivity contribution in [1.82, 2.24) is 14.8 Å². The molecular weight excluding hydrogens is 568 g/mol. The molecule has 0 radical (unpaired) electrons. The first kappa shape index (κ1) is 28.0. The van der Waals surface area contributed by atoms with Crippen LogP contribution in [-0.2, 0) is 16.1 Å². The summed E-state index contributed by atoms with van der Waals surface area (Å²) in [6.45, 7) is 9.06. The fraction of sp³-hybridized carbons (Fsp3) is 0.393. The summed E-state index contributed by atoms with van der Waals surface area (Å²) in [5.41, 5.74) is 3.01. The lowest BCUT2D eigenvalue weighted by atomic mass is 9.95. The van der Waals surface area contributed by atoms with E-state index >= 15 is 0 Å². The minimum absolute atomic E-state index is 0.338. The Morgan fingerprint density at radius 1 is 1.13 bits per heavy atom. The van der Waals surface area contributed by atoms with Crippen molar-refractivity contribution in [2.24, 2.45) is 0 Å². The van der Waals surface area contributed by atoms with Gasteiger partial charge >= 0.3 is 5.97 Å². The molecule has 4 rings (SSSR count). The fourth-order valence-corrected chi connectivity index (χ4v) is 5.37. The third-order valence-electron chi connectivity index (χ3n) is 5.80. The summed E-state index contributed by atoms with van der Waals surface area (Å²) in [7, 11) is 0. The van der Waals surface area contributed by atoms with Gasteiger partial charge in [-0.25, -0.2) is 9.48 Å². The van der Waals surface area contributed by atoms with Crippen LogP contribution >= 0.6 is 27.7 Å². The molecular formula is C28H33BrN4O4S. The van der Waals surface area contributed by atoms with Crippen LogP contribution in [0, 0.1) is 0 Å². The molecule has 0 saturated carbocycles. The summed E-state index contributed by atoms with van der Waals surface area (Å²) in [5.74, 6) is 2.27. The Hall–Kier alpha value is -2.98. The SMILES string of the molecule is CCCOC(=O)C1=C(C)Nc2nc(SCCC)nn2C1c1cc(Br)c(OCc2ccccc2)c(OCC)c1. The molecule has 2 heterocycles. The van der Waals surface area contributed by atoms with Crippen LogP contribution in [0.3, 0.4) is 0 Å². The van der Waals surface area contributed by atoms with Crippen molar-refractivity contribution in [2.75, 3.05) is 24.3 Å². The third-order valence-corrected chi connectivity index (χ3v) is 7.43. The second-order valence-electron chi connectivity index (χ2n) is 8.75. The molecule has 1 aliphatic rings. The minimum atomic E-state index is -0.558. The summed E-state index contributed by atoms with van der Waals surface area (Å²) in [6.07, 6.45) is 1.74. The quantitative estimate of drug-likeness (QED) is 0.180. The van der Waals surface area contributed by atoms with Crippen LogP contribution in [0.15, 0.2) is 63.4 Å². The lowest BCUT2D eigenvalue weighted by Crippen LogP contribution is -2.30. The highest BCUT2D eigenvalue weighted by molar-refractivity contribution is 9.10. The van der Waals surface area contributed by atoms with E-state index in [0.29, 0.717) is 58.2 Å². The highest BCUT2D eigenvalue weighted by Crippen LogP contribution is 2.43. The van der Waals surface area contributed by atoms with E-state index < -0.39 is 6.04 Å². The summed E-state index contributed by atoms with van der Waals surface area (Å²) < 4.78 is 20.3. The number of aromatic nitrogens is 3. The lowest BCUT2D eigenvalue weighted by molar-refractivity contribution is -0.139. The average molecular weight is 602 g/mol. The molecule has 0 aliphatic carbocycles. The maximum absolute atomic E-state index is 13.3. The number of benzene rings is 2. The number of thioether (sulfide) groups is 1. The molecule has 0 fully saturated rings. The van der Waals surface area contributed by atoms with Gasteiger partial charge in [-0.3, -0.25) is 0 Å². The van der Waals surface area contributed by atoms with Gasteiger partial charge in [0.15, 0.2) is 11.5 Å². The number of hydrogen-bond acceptors (Lipinski definition) is 8. The molecule has 202 valence electrons. The molecule has 10 heteroatoms. The summed E-state index contributed by atoms with van der Waals surface area (Å²) >= 11 is 5.28. The number of hydrogen-bond donors (Lipinski definition) is 1. The van der Waals surface area contributed by atoms with Crippen LogP contribution in [0.1, 0.15) is 57.7 Å².